The Morgan fingerprint density at radius 3 is 1.90 bits per heavy atom. The highest BCUT2D eigenvalue weighted by Crippen LogP contribution is 2.18. The Labute approximate surface area is 127 Å². The number of carbonyl (C=O) groups is 1. The Kier molecular flexibility index (Phi) is 8.19. The first-order valence-electron chi connectivity index (χ1n) is 7.03. The Bertz CT molecular complexity index is 305. The lowest BCUT2D eigenvalue weighted by atomic mass is 10.3. The maximum absolute atomic E-state index is 11.3. The Hall–Kier alpha value is -0.219. The van der Waals surface area contributed by atoms with Gasteiger partial charge in [-0.3, -0.25) is 0 Å². The molecule has 0 aromatic heterocycles. The van der Waals surface area contributed by atoms with Gasteiger partial charge in [0.05, 0.1) is 0 Å². The van der Waals surface area contributed by atoms with Crippen LogP contribution in [0.4, 0.5) is 0 Å². The number of esters is 1. The predicted octanol–water partition coefficient (Wildman–Crippen LogP) is 3.69. The van der Waals surface area contributed by atoms with E-state index in [0.717, 1.165) is 6.42 Å². The summed E-state index contributed by atoms with van der Waals surface area (Å²) in [5, 5.41) is 0. The molecule has 0 amide bonds. The second-order valence-corrected chi connectivity index (χ2v) is 17.9. The molecule has 0 N–H and O–H groups in total. The summed E-state index contributed by atoms with van der Waals surface area (Å²) >= 11 is 0. The molecule has 0 fully saturated rings. The van der Waals surface area contributed by atoms with Crippen molar-refractivity contribution in [3.8, 4) is 0 Å². The zero-order valence-electron chi connectivity index (χ0n) is 13.9. The standard InChI is InChI=1S/C13H29O4Si3/c1-9-12(15-13(14)10-2)11-18(16-19(3,4)5)17-20(6,7)8/h10,12H,2,9,11H2,1,3-8H3. The van der Waals surface area contributed by atoms with Crippen molar-refractivity contribution in [2.75, 3.05) is 0 Å². The number of hydrogen-bond donors (Lipinski definition) is 0. The van der Waals surface area contributed by atoms with Crippen molar-refractivity contribution in [2.45, 2.75) is 64.8 Å². The molecule has 0 saturated carbocycles. The molecule has 117 valence electrons. The minimum Gasteiger partial charge on any atom is -0.459 e. The predicted molar refractivity (Wildman–Crippen MR) is 89.8 cm³/mol. The molecule has 1 atom stereocenters. The van der Waals surface area contributed by atoms with Crippen LogP contribution in [0, 0.1) is 0 Å². The molecular formula is C13H29O4Si3. The summed E-state index contributed by atoms with van der Waals surface area (Å²) in [6.45, 7) is 18.4. The van der Waals surface area contributed by atoms with E-state index in [-0.39, 0.29) is 12.1 Å². The molecule has 0 spiro atoms. The van der Waals surface area contributed by atoms with Gasteiger partial charge in [-0.2, -0.15) is 0 Å². The highest BCUT2D eigenvalue weighted by molar-refractivity contribution is 6.81. The molecule has 1 radical (unpaired) electrons. The van der Waals surface area contributed by atoms with Crippen LogP contribution in [-0.4, -0.2) is 38.0 Å². The summed E-state index contributed by atoms with van der Waals surface area (Å²) in [6.07, 6.45) is 1.81. The van der Waals surface area contributed by atoms with Crippen LogP contribution < -0.4 is 0 Å². The quantitative estimate of drug-likeness (QED) is 0.367. The summed E-state index contributed by atoms with van der Waals surface area (Å²) in [6, 6.07) is 0.676. The maximum Gasteiger partial charge on any atom is 0.366 e. The number of carbonyl (C=O) groups excluding carboxylic acids is 1. The topological polar surface area (TPSA) is 44.8 Å². The molecule has 1 unspecified atom stereocenters. The SMILES string of the molecule is C=CC(=O)OC(CC)C[Si](O[Si](C)(C)C)O[Si](C)(C)C. The van der Waals surface area contributed by atoms with Gasteiger partial charge in [0.1, 0.15) is 6.10 Å². The Morgan fingerprint density at radius 1 is 1.15 bits per heavy atom. The van der Waals surface area contributed by atoms with Crippen molar-refractivity contribution in [1.29, 1.82) is 0 Å². The van der Waals surface area contributed by atoms with Gasteiger partial charge in [0, 0.05) is 12.1 Å². The third-order valence-corrected chi connectivity index (χ3v) is 9.65. The van der Waals surface area contributed by atoms with Crippen molar-refractivity contribution in [2.24, 2.45) is 0 Å². The van der Waals surface area contributed by atoms with E-state index in [1.54, 1.807) is 0 Å². The highest BCUT2D eigenvalue weighted by atomic mass is 28.4. The van der Waals surface area contributed by atoms with E-state index in [2.05, 4.69) is 45.9 Å². The third kappa shape index (κ3) is 10.6. The van der Waals surface area contributed by atoms with E-state index >= 15 is 0 Å². The molecular weight excluding hydrogens is 304 g/mol. The number of rotatable bonds is 9. The van der Waals surface area contributed by atoms with Gasteiger partial charge in [-0.05, 0) is 45.7 Å². The molecule has 0 aromatic carbocycles. The van der Waals surface area contributed by atoms with Crippen LogP contribution in [0.3, 0.4) is 0 Å². The number of ether oxygens (including phenoxy) is 1. The zero-order chi connectivity index (χ0) is 16.0. The molecule has 0 aliphatic heterocycles. The summed E-state index contributed by atoms with van der Waals surface area (Å²) < 4.78 is 17.7. The smallest absolute Gasteiger partial charge is 0.366 e. The van der Waals surface area contributed by atoms with Crippen LogP contribution in [0.5, 0.6) is 0 Å². The lowest BCUT2D eigenvalue weighted by Crippen LogP contribution is -2.45. The van der Waals surface area contributed by atoms with E-state index in [1.807, 2.05) is 6.92 Å². The minimum atomic E-state index is -1.67. The largest absolute Gasteiger partial charge is 0.459 e. The van der Waals surface area contributed by atoms with Crippen molar-refractivity contribution < 1.29 is 17.8 Å². The van der Waals surface area contributed by atoms with Crippen LogP contribution >= 0.6 is 0 Å². The first-order valence-corrected chi connectivity index (χ1v) is 15.4. The summed E-state index contributed by atoms with van der Waals surface area (Å²) in [5.74, 6) is -0.376. The molecule has 0 aliphatic rings. The molecule has 0 aliphatic carbocycles. The molecule has 0 aromatic rings. The fraction of sp³-hybridized carbons (Fsp3) is 0.769. The average molecular weight is 334 g/mol. The lowest BCUT2D eigenvalue weighted by molar-refractivity contribution is -0.142. The highest BCUT2D eigenvalue weighted by Gasteiger charge is 2.32. The first kappa shape index (κ1) is 19.8. The van der Waals surface area contributed by atoms with Gasteiger partial charge in [0.25, 0.3) is 0 Å². The van der Waals surface area contributed by atoms with Crippen molar-refractivity contribution in [3.05, 3.63) is 12.7 Å². The van der Waals surface area contributed by atoms with E-state index < -0.39 is 25.9 Å². The van der Waals surface area contributed by atoms with Crippen molar-refractivity contribution >= 4 is 31.9 Å². The van der Waals surface area contributed by atoms with Gasteiger partial charge < -0.3 is 13.0 Å². The van der Waals surface area contributed by atoms with E-state index in [4.69, 9.17) is 13.0 Å². The zero-order valence-corrected chi connectivity index (χ0v) is 16.9. The van der Waals surface area contributed by atoms with E-state index in [1.165, 1.54) is 6.08 Å². The first-order chi connectivity index (χ1) is 8.96. The summed E-state index contributed by atoms with van der Waals surface area (Å²) in [5.41, 5.74) is 0. The van der Waals surface area contributed by atoms with Gasteiger partial charge in [0.2, 0.25) is 0 Å². The van der Waals surface area contributed by atoms with Crippen LogP contribution in [0.2, 0.25) is 45.3 Å². The van der Waals surface area contributed by atoms with Gasteiger partial charge in [-0.1, -0.05) is 13.5 Å². The molecule has 7 heteroatoms. The van der Waals surface area contributed by atoms with Gasteiger partial charge in [0.15, 0.2) is 16.6 Å². The lowest BCUT2D eigenvalue weighted by Gasteiger charge is -2.31. The second kappa shape index (κ2) is 8.28. The molecule has 0 rings (SSSR count). The summed E-state index contributed by atoms with van der Waals surface area (Å²) in [4.78, 5) is 11.3. The van der Waals surface area contributed by atoms with Gasteiger partial charge >= 0.3 is 15.3 Å². The van der Waals surface area contributed by atoms with Crippen LogP contribution in [0.15, 0.2) is 12.7 Å². The van der Waals surface area contributed by atoms with Crippen LogP contribution in [0.25, 0.3) is 0 Å². The average Bonchev–Trinajstić information content (AvgIpc) is 2.23. The molecule has 0 heterocycles. The molecule has 20 heavy (non-hydrogen) atoms. The normalized spacial score (nSPS) is 14.2. The molecule has 0 saturated heterocycles. The molecule has 4 nitrogen and oxygen atoms in total. The third-order valence-electron chi connectivity index (χ3n) is 2.14. The van der Waals surface area contributed by atoms with Crippen LogP contribution in [0.1, 0.15) is 13.3 Å². The van der Waals surface area contributed by atoms with Gasteiger partial charge in [-0.25, -0.2) is 4.79 Å². The fourth-order valence-corrected chi connectivity index (χ4v) is 8.87. The van der Waals surface area contributed by atoms with Gasteiger partial charge in [-0.15, -0.1) is 0 Å². The van der Waals surface area contributed by atoms with Crippen LogP contribution in [-0.2, 0) is 17.8 Å². The maximum atomic E-state index is 11.3. The van der Waals surface area contributed by atoms with E-state index in [9.17, 15) is 4.79 Å². The Morgan fingerprint density at radius 2 is 1.60 bits per heavy atom. The fourth-order valence-electron chi connectivity index (χ4n) is 1.45. The molecule has 0 bridgehead atoms. The second-order valence-electron chi connectivity index (χ2n) is 6.68. The van der Waals surface area contributed by atoms with Crippen molar-refractivity contribution in [3.63, 3.8) is 0 Å². The van der Waals surface area contributed by atoms with Crippen molar-refractivity contribution in [1.82, 2.24) is 0 Å². The minimum absolute atomic E-state index is 0.151. The Balaban J connectivity index is 4.75. The number of hydrogen-bond acceptors (Lipinski definition) is 4. The summed E-state index contributed by atoms with van der Waals surface area (Å²) in [7, 11) is -4.74. The van der Waals surface area contributed by atoms with E-state index in [0.29, 0.717) is 6.04 Å². The monoisotopic (exact) mass is 333 g/mol.